The van der Waals surface area contributed by atoms with Crippen molar-refractivity contribution in [3.05, 3.63) is 23.8 Å². The largest absolute Gasteiger partial charge is 0.397 e. The fourth-order valence-electron chi connectivity index (χ4n) is 1.75. The fourth-order valence-corrected chi connectivity index (χ4v) is 2.46. The molecule has 0 spiro atoms. The molecule has 5 heteroatoms. The van der Waals surface area contributed by atoms with E-state index < -0.39 is 0 Å². The third-order valence-corrected chi connectivity index (χ3v) is 3.78. The van der Waals surface area contributed by atoms with Gasteiger partial charge in [0.05, 0.1) is 11.4 Å². The molecule has 1 unspecified atom stereocenters. The van der Waals surface area contributed by atoms with Crippen LogP contribution in [0.15, 0.2) is 18.2 Å². The van der Waals surface area contributed by atoms with Gasteiger partial charge in [0, 0.05) is 31.5 Å². The molecule has 0 aliphatic carbocycles. The smallest absolute Gasteiger partial charge is 0.251 e. The molecule has 0 radical (unpaired) electrons. The van der Waals surface area contributed by atoms with Crippen LogP contribution in [-0.4, -0.2) is 38.1 Å². The maximum atomic E-state index is 11.5. The van der Waals surface area contributed by atoms with Crippen LogP contribution in [-0.2, 0) is 0 Å². The summed E-state index contributed by atoms with van der Waals surface area (Å²) in [6.45, 7) is 2.16. The Labute approximate surface area is 113 Å². The minimum absolute atomic E-state index is 0.118. The Morgan fingerprint density at radius 2 is 2.22 bits per heavy atom. The second kappa shape index (κ2) is 6.54. The average Bonchev–Trinajstić information content (AvgIpc) is 2.37. The second-order valence-corrected chi connectivity index (χ2v) is 5.18. The van der Waals surface area contributed by atoms with Gasteiger partial charge in [-0.2, -0.15) is 11.8 Å². The van der Waals surface area contributed by atoms with Gasteiger partial charge in [0.25, 0.3) is 5.91 Å². The Hall–Kier alpha value is -1.36. The van der Waals surface area contributed by atoms with E-state index in [0.717, 1.165) is 11.4 Å². The molecule has 1 amide bonds. The van der Waals surface area contributed by atoms with Gasteiger partial charge in [-0.05, 0) is 31.4 Å². The van der Waals surface area contributed by atoms with E-state index in [9.17, 15) is 4.79 Å². The SMILES string of the molecule is CNC(=O)c1ccc(N(C)C(C)CSC)c(N)c1. The number of rotatable bonds is 5. The molecule has 0 saturated heterocycles. The highest BCUT2D eigenvalue weighted by Gasteiger charge is 2.13. The first-order chi connectivity index (χ1) is 8.51. The number of carbonyl (C=O) groups excluding carboxylic acids is 1. The Morgan fingerprint density at radius 3 is 2.72 bits per heavy atom. The fraction of sp³-hybridized carbons (Fsp3) is 0.462. The number of nitrogens with one attached hydrogen (secondary N) is 1. The summed E-state index contributed by atoms with van der Waals surface area (Å²) in [7, 11) is 3.63. The van der Waals surface area contributed by atoms with Gasteiger partial charge in [-0.1, -0.05) is 0 Å². The standard InChI is InChI=1S/C13H21N3OS/c1-9(8-18-4)16(3)12-6-5-10(7-11(12)14)13(17)15-2/h5-7,9H,8,14H2,1-4H3,(H,15,17). The quantitative estimate of drug-likeness (QED) is 0.799. The van der Waals surface area contributed by atoms with E-state index >= 15 is 0 Å². The van der Waals surface area contributed by atoms with E-state index in [1.165, 1.54) is 0 Å². The van der Waals surface area contributed by atoms with Crippen LogP contribution in [0.1, 0.15) is 17.3 Å². The van der Waals surface area contributed by atoms with Crippen molar-refractivity contribution in [3.8, 4) is 0 Å². The van der Waals surface area contributed by atoms with Crippen molar-refractivity contribution < 1.29 is 4.79 Å². The average molecular weight is 267 g/mol. The Morgan fingerprint density at radius 1 is 1.56 bits per heavy atom. The zero-order valence-electron chi connectivity index (χ0n) is 11.4. The molecule has 0 aromatic heterocycles. The van der Waals surface area contributed by atoms with Crippen LogP contribution in [0.3, 0.4) is 0 Å². The minimum Gasteiger partial charge on any atom is -0.397 e. The number of hydrogen-bond donors (Lipinski definition) is 2. The molecule has 0 heterocycles. The number of anilines is 2. The van der Waals surface area contributed by atoms with Crippen molar-refractivity contribution in [1.82, 2.24) is 5.32 Å². The molecule has 1 atom stereocenters. The van der Waals surface area contributed by atoms with Crippen LogP contribution in [0, 0.1) is 0 Å². The van der Waals surface area contributed by atoms with Gasteiger partial charge in [0.15, 0.2) is 0 Å². The summed E-state index contributed by atoms with van der Waals surface area (Å²) >= 11 is 1.80. The van der Waals surface area contributed by atoms with Gasteiger partial charge in [0.1, 0.15) is 0 Å². The number of carbonyl (C=O) groups is 1. The molecule has 0 fully saturated rings. The zero-order chi connectivity index (χ0) is 13.7. The van der Waals surface area contributed by atoms with E-state index in [1.807, 2.05) is 13.1 Å². The topological polar surface area (TPSA) is 58.4 Å². The van der Waals surface area contributed by atoms with Crippen molar-refractivity contribution in [2.24, 2.45) is 0 Å². The highest BCUT2D eigenvalue weighted by atomic mass is 32.2. The van der Waals surface area contributed by atoms with Crippen molar-refractivity contribution in [3.63, 3.8) is 0 Å². The molecular weight excluding hydrogens is 246 g/mol. The van der Waals surface area contributed by atoms with Crippen molar-refractivity contribution in [2.45, 2.75) is 13.0 Å². The van der Waals surface area contributed by atoms with Crippen LogP contribution in [0.25, 0.3) is 0 Å². The van der Waals surface area contributed by atoms with Crippen molar-refractivity contribution in [2.75, 3.05) is 36.7 Å². The predicted molar refractivity (Wildman–Crippen MR) is 80.5 cm³/mol. The first-order valence-corrected chi connectivity index (χ1v) is 7.24. The Balaban J connectivity index is 2.94. The summed E-state index contributed by atoms with van der Waals surface area (Å²) in [5.74, 6) is 0.917. The van der Waals surface area contributed by atoms with Crippen LogP contribution in [0.2, 0.25) is 0 Å². The van der Waals surface area contributed by atoms with Gasteiger partial charge in [-0.3, -0.25) is 4.79 Å². The van der Waals surface area contributed by atoms with E-state index in [-0.39, 0.29) is 5.91 Å². The summed E-state index contributed by atoms with van der Waals surface area (Å²) in [5, 5.41) is 2.59. The molecule has 0 saturated carbocycles. The van der Waals surface area contributed by atoms with Crippen LogP contribution in [0.4, 0.5) is 11.4 Å². The summed E-state index contributed by atoms with van der Waals surface area (Å²) in [5.41, 5.74) is 8.20. The minimum atomic E-state index is -0.118. The van der Waals surface area contributed by atoms with Gasteiger partial charge in [-0.15, -0.1) is 0 Å². The van der Waals surface area contributed by atoms with Gasteiger partial charge >= 0.3 is 0 Å². The zero-order valence-corrected chi connectivity index (χ0v) is 12.2. The molecular formula is C13H21N3OS. The van der Waals surface area contributed by atoms with Crippen LogP contribution < -0.4 is 16.0 Å². The number of nitrogens with zero attached hydrogens (tertiary/aromatic N) is 1. The molecule has 0 aliphatic heterocycles. The highest BCUT2D eigenvalue weighted by Crippen LogP contribution is 2.25. The first kappa shape index (κ1) is 14.7. The van der Waals surface area contributed by atoms with Gasteiger partial charge in [0.2, 0.25) is 0 Å². The van der Waals surface area contributed by atoms with E-state index in [0.29, 0.717) is 17.3 Å². The number of nitrogen functional groups attached to an aromatic ring is 1. The molecule has 1 rings (SSSR count). The molecule has 1 aromatic carbocycles. The highest BCUT2D eigenvalue weighted by molar-refractivity contribution is 7.98. The molecule has 0 aliphatic rings. The lowest BCUT2D eigenvalue weighted by molar-refractivity contribution is 0.0963. The summed E-state index contributed by atoms with van der Waals surface area (Å²) < 4.78 is 0. The maximum Gasteiger partial charge on any atom is 0.251 e. The summed E-state index contributed by atoms with van der Waals surface area (Å²) in [4.78, 5) is 13.6. The molecule has 100 valence electrons. The van der Waals surface area contributed by atoms with E-state index in [2.05, 4.69) is 23.4 Å². The lowest BCUT2D eigenvalue weighted by Gasteiger charge is -2.27. The third kappa shape index (κ3) is 3.32. The number of thioether (sulfide) groups is 1. The third-order valence-electron chi connectivity index (χ3n) is 2.97. The van der Waals surface area contributed by atoms with E-state index in [4.69, 9.17) is 5.73 Å². The first-order valence-electron chi connectivity index (χ1n) is 5.84. The maximum absolute atomic E-state index is 11.5. The van der Waals surface area contributed by atoms with Gasteiger partial charge in [-0.25, -0.2) is 0 Å². The van der Waals surface area contributed by atoms with Crippen LogP contribution >= 0.6 is 11.8 Å². The Kier molecular flexibility index (Phi) is 5.34. The van der Waals surface area contributed by atoms with Crippen LogP contribution in [0.5, 0.6) is 0 Å². The molecule has 0 bridgehead atoms. The number of benzene rings is 1. The lowest BCUT2D eigenvalue weighted by Crippen LogP contribution is -2.31. The lowest BCUT2D eigenvalue weighted by atomic mass is 10.1. The van der Waals surface area contributed by atoms with Crippen molar-refractivity contribution >= 4 is 29.0 Å². The molecule has 1 aromatic rings. The second-order valence-electron chi connectivity index (χ2n) is 4.27. The molecule has 18 heavy (non-hydrogen) atoms. The monoisotopic (exact) mass is 267 g/mol. The van der Waals surface area contributed by atoms with E-state index in [1.54, 1.807) is 30.9 Å². The number of hydrogen-bond acceptors (Lipinski definition) is 4. The van der Waals surface area contributed by atoms with Crippen molar-refractivity contribution in [1.29, 1.82) is 0 Å². The predicted octanol–water partition coefficient (Wildman–Crippen LogP) is 1.82. The summed E-state index contributed by atoms with van der Waals surface area (Å²) in [6.07, 6.45) is 2.09. The van der Waals surface area contributed by atoms with Gasteiger partial charge < -0.3 is 16.0 Å². The molecule has 4 nitrogen and oxygen atoms in total. The molecule has 3 N–H and O–H groups in total. The normalized spacial score (nSPS) is 12.0. The summed E-state index contributed by atoms with van der Waals surface area (Å²) in [6, 6.07) is 5.81. The number of amides is 1. The Bertz CT molecular complexity index is 423. The number of nitrogens with two attached hydrogens (primary N) is 1.